The van der Waals surface area contributed by atoms with Crippen LogP contribution in [0.1, 0.15) is 15.9 Å². The van der Waals surface area contributed by atoms with Gasteiger partial charge in [0.1, 0.15) is 5.82 Å². The normalized spacial score (nSPS) is 10.0. The zero-order valence-electron chi connectivity index (χ0n) is 13.3. The highest BCUT2D eigenvalue weighted by atomic mass is 35.5. The first-order chi connectivity index (χ1) is 12.5. The summed E-state index contributed by atoms with van der Waals surface area (Å²) in [4.78, 5) is 16.6. The first-order valence-corrected chi connectivity index (χ1v) is 8.30. The summed E-state index contributed by atoms with van der Waals surface area (Å²) in [5.74, 6) is 0.182. The Morgan fingerprint density at radius 1 is 1.00 bits per heavy atom. The van der Waals surface area contributed by atoms with Crippen LogP contribution in [-0.2, 0) is 0 Å². The summed E-state index contributed by atoms with van der Waals surface area (Å²) in [5, 5.41) is 15.6. The van der Waals surface area contributed by atoms with E-state index in [1.807, 2.05) is 6.07 Å². The van der Waals surface area contributed by atoms with Gasteiger partial charge in [0.05, 0.1) is 21.7 Å². The highest BCUT2D eigenvalue weighted by Gasteiger charge is 2.09. The maximum Gasteiger partial charge on any atom is 0.255 e. The van der Waals surface area contributed by atoms with Gasteiger partial charge in [-0.2, -0.15) is 5.26 Å². The highest BCUT2D eigenvalue weighted by molar-refractivity contribution is 6.42. The lowest BCUT2D eigenvalue weighted by Gasteiger charge is -2.09. The molecule has 0 saturated heterocycles. The van der Waals surface area contributed by atoms with Crippen LogP contribution in [0.3, 0.4) is 0 Å². The molecule has 5 nitrogen and oxygen atoms in total. The number of nitrogens with zero attached hydrogens (tertiary/aromatic N) is 2. The van der Waals surface area contributed by atoms with Crippen LogP contribution in [-0.4, -0.2) is 10.9 Å². The molecule has 26 heavy (non-hydrogen) atoms. The van der Waals surface area contributed by atoms with Crippen molar-refractivity contribution >= 4 is 46.3 Å². The first kappa shape index (κ1) is 17.7. The summed E-state index contributed by atoms with van der Waals surface area (Å²) in [7, 11) is 0. The molecule has 3 aromatic rings. The summed E-state index contributed by atoms with van der Waals surface area (Å²) < 4.78 is 0. The summed E-state index contributed by atoms with van der Waals surface area (Å²) in [5.41, 5.74) is 2.14. The first-order valence-electron chi connectivity index (χ1n) is 7.55. The van der Waals surface area contributed by atoms with Crippen molar-refractivity contribution in [3.8, 4) is 6.07 Å². The van der Waals surface area contributed by atoms with Crippen LogP contribution in [0.25, 0.3) is 0 Å². The molecule has 1 heterocycles. The molecule has 0 radical (unpaired) electrons. The van der Waals surface area contributed by atoms with Crippen molar-refractivity contribution in [1.82, 2.24) is 4.98 Å². The number of aromatic nitrogens is 1. The summed E-state index contributed by atoms with van der Waals surface area (Å²) in [6, 6.07) is 17.1. The largest absolute Gasteiger partial charge is 0.340 e. The monoisotopic (exact) mass is 382 g/mol. The molecule has 0 bridgehead atoms. The molecule has 0 unspecified atom stereocenters. The van der Waals surface area contributed by atoms with E-state index in [0.717, 1.165) is 0 Å². The van der Waals surface area contributed by atoms with Crippen molar-refractivity contribution in [2.24, 2.45) is 0 Å². The number of nitrogens with one attached hydrogen (secondary N) is 2. The van der Waals surface area contributed by atoms with E-state index in [9.17, 15) is 4.79 Å². The third kappa shape index (κ3) is 4.31. The average molecular weight is 383 g/mol. The van der Waals surface area contributed by atoms with Gasteiger partial charge in [-0.05, 0) is 48.5 Å². The smallest absolute Gasteiger partial charge is 0.255 e. The fourth-order valence-electron chi connectivity index (χ4n) is 2.23. The lowest BCUT2D eigenvalue weighted by Crippen LogP contribution is -2.12. The Balaban J connectivity index is 1.76. The van der Waals surface area contributed by atoms with Crippen LogP contribution in [0.5, 0.6) is 0 Å². The molecule has 7 heteroatoms. The number of pyridine rings is 1. The van der Waals surface area contributed by atoms with Gasteiger partial charge in [-0.1, -0.05) is 29.3 Å². The lowest BCUT2D eigenvalue weighted by molar-refractivity contribution is 0.102. The summed E-state index contributed by atoms with van der Waals surface area (Å²) in [6.45, 7) is 0. The zero-order chi connectivity index (χ0) is 18.5. The van der Waals surface area contributed by atoms with Crippen molar-refractivity contribution < 1.29 is 4.79 Å². The van der Waals surface area contributed by atoms with Crippen LogP contribution in [0.4, 0.5) is 17.2 Å². The average Bonchev–Trinajstić information content (AvgIpc) is 2.65. The number of carbonyl (C=O) groups excluding carboxylic acids is 1. The van der Waals surface area contributed by atoms with Crippen LogP contribution >= 0.6 is 23.2 Å². The molecule has 0 fully saturated rings. The number of carbonyl (C=O) groups is 1. The molecule has 128 valence electrons. The van der Waals surface area contributed by atoms with Gasteiger partial charge in [0.15, 0.2) is 0 Å². The topological polar surface area (TPSA) is 77.8 Å². The molecule has 0 spiro atoms. The fourth-order valence-corrected chi connectivity index (χ4v) is 2.53. The van der Waals surface area contributed by atoms with E-state index in [2.05, 4.69) is 15.6 Å². The molecule has 1 aromatic heterocycles. The van der Waals surface area contributed by atoms with Gasteiger partial charge in [-0.25, -0.2) is 4.98 Å². The van der Waals surface area contributed by atoms with Crippen molar-refractivity contribution in [1.29, 1.82) is 5.26 Å². The molecule has 0 aliphatic rings. The second kappa shape index (κ2) is 7.87. The second-order valence-electron chi connectivity index (χ2n) is 5.33. The Bertz CT molecular complexity index is 1010. The number of rotatable bonds is 4. The van der Waals surface area contributed by atoms with Crippen LogP contribution in [0.15, 0.2) is 60.8 Å². The predicted molar refractivity (Wildman–Crippen MR) is 103 cm³/mol. The highest BCUT2D eigenvalue weighted by Crippen LogP contribution is 2.26. The van der Waals surface area contributed by atoms with Crippen molar-refractivity contribution in [2.75, 3.05) is 10.6 Å². The Hall–Kier alpha value is -3.07. The molecular formula is C19H12Cl2N4O. The number of nitriles is 1. The van der Waals surface area contributed by atoms with E-state index in [-0.39, 0.29) is 5.91 Å². The molecule has 0 aliphatic heterocycles. The van der Waals surface area contributed by atoms with E-state index in [1.165, 1.54) is 6.20 Å². The molecule has 0 aliphatic carbocycles. The Morgan fingerprint density at radius 2 is 1.85 bits per heavy atom. The van der Waals surface area contributed by atoms with E-state index >= 15 is 0 Å². The minimum Gasteiger partial charge on any atom is -0.340 e. The Labute approximate surface area is 160 Å². The second-order valence-corrected chi connectivity index (χ2v) is 6.14. The van der Waals surface area contributed by atoms with Gasteiger partial charge >= 0.3 is 0 Å². The van der Waals surface area contributed by atoms with Crippen LogP contribution in [0, 0.1) is 11.3 Å². The van der Waals surface area contributed by atoms with E-state index in [0.29, 0.717) is 38.4 Å². The minimum absolute atomic E-state index is 0.306. The third-order valence-electron chi connectivity index (χ3n) is 3.46. The fraction of sp³-hybridized carbons (Fsp3) is 0. The maximum absolute atomic E-state index is 12.4. The van der Waals surface area contributed by atoms with Gasteiger partial charge in [-0.3, -0.25) is 4.79 Å². The molecule has 1 amide bonds. The molecule has 3 rings (SSSR count). The summed E-state index contributed by atoms with van der Waals surface area (Å²) in [6.07, 6.45) is 1.53. The van der Waals surface area contributed by atoms with Gasteiger partial charge in [0, 0.05) is 23.1 Å². The molecule has 2 N–H and O–H groups in total. The molecular weight excluding hydrogens is 371 g/mol. The molecule has 0 saturated carbocycles. The van der Waals surface area contributed by atoms with Gasteiger partial charge in [0.2, 0.25) is 0 Å². The van der Waals surface area contributed by atoms with E-state index in [1.54, 1.807) is 54.6 Å². The van der Waals surface area contributed by atoms with Crippen molar-refractivity contribution in [3.05, 3.63) is 82.0 Å². The Kier molecular flexibility index (Phi) is 5.37. The van der Waals surface area contributed by atoms with Crippen LogP contribution in [0.2, 0.25) is 10.0 Å². The number of benzene rings is 2. The summed E-state index contributed by atoms with van der Waals surface area (Å²) >= 11 is 11.9. The van der Waals surface area contributed by atoms with Gasteiger partial charge in [-0.15, -0.1) is 0 Å². The number of hydrogen-bond donors (Lipinski definition) is 2. The standard InChI is InChI=1S/C19H12Cl2N4O/c20-16-5-4-15(10-17(16)21)24-18-9-13(6-7-23-18)19(26)25-14-3-1-2-12(8-14)11-22/h1-10H,(H,23,24)(H,25,26). The third-order valence-corrected chi connectivity index (χ3v) is 4.20. The predicted octanol–water partition coefficient (Wildman–Crippen LogP) is 5.26. The van der Waals surface area contributed by atoms with E-state index in [4.69, 9.17) is 28.5 Å². The van der Waals surface area contributed by atoms with Crippen molar-refractivity contribution in [3.63, 3.8) is 0 Å². The van der Waals surface area contributed by atoms with Crippen molar-refractivity contribution in [2.45, 2.75) is 0 Å². The lowest BCUT2D eigenvalue weighted by atomic mass is 10.2. The number of hydrogen-bond acceptors (Lipinski definition) is 4. The minimum atomic E-state index is -0.306. The van der Waals surface area contributed by atoms with Crippen LogP contribution < -0.4 is 10.6 Å². The SMILES string of the molecule is N#Cc1cccc(NC(=O)c2ccnc(Nc3ccc(Cl)c(Cl)c3)c2)c1. The number of anilines is 3. The Morgan fingerprint density at radius 3 is 2.62 bits per heavy atom. The van der Waals surface area contributed by atoms with Gasteiger partial charge in [0.25, 0.3) is 5.91 Å². The van der Waals surface area contributed by atoms with E-state index < -0.39 is 0 Å². The van der Waals surface area contributed by atoms with Gasteiger partial charge < -0.3 is 10.6 Å². The zero-order valence-corrected chi connectivity index (χ0v) is 14.8. The maximum atomic E-state index is 12.4. The quantitative estimate of drug-likeness (QED) is 0.645. The molecule has 2 aromatic carbocycles. The number of amides is 1. The number of halogens is 2. The molecule has 0 atom stereocenters.